The van der Waals surface area contributed by atoms with Crippen molar-refractivity contribution in [1.82, 2.24) is 4.90 Å². The number of likely N-dealkylation sites (tertiary alicyclic amines) is 1. The summed E-state index contributed by atoms with van der Waals surface area (Å²) in [6.45, 7) is 5.46. The molecule has 0 radical (unpaired) electrons. The normalized spacial score (nSPS) is 16.5. The van der Waals surface area contributed by atoms with Crippen LogP contribution in [-0.2, 0) is 12.0 Å². The van der Waals surface area contributed by atoms with E-state index in [1.165, 1.54) is 11.1 Å². The van der Waals surface area contributed by atoms with E-state index in [9.17, 15) is 4.79 Å². The highest BCUT2D eigenvalue weighted by molar-refractivity contribution is 6.03. The van der Waals surface area contributed by atoms with Crippen LogP contribution in [0.5, 0.6) is 5.75 Å². The van der Waals surface area contributed by atoms with Crippen LogP contribution in [0.25, 0.3) is 0 Å². The van der Waals surface area contributed by atoms with E-state index in [1.54, 1.807) is 7.11 Å². The van der Waals surface area contributed by atoms with Gasteiger partial charge in [-0.3, -0.25) is 9.80 Å². The Labute approximate surface area is 206 Å². The highest BCUT2D eigenvalue weighted by atomic mass is 16.5. The van der Waals surface area contributed by atoms with Crippen molar-refractivity contribution < 1.29 is 9.53 Å². The van der Waals surface area contributed by atoms with Crippen molar-refractivity contribution in [2.75, 3.05) is 37.0 Å². The summed E-state index contributed by atoms with van der Waals surface area (Å²) in [7, 11) is 1.69. The van der Waals surface area contributed by atoms with Gasteiger partial charge in [0, 0.05) is 29.9 Å². The summed E-state index contributed by atoms with van der Waals surface area (Å²) in [6, 6.07) is 23.9. The van der Waals surface area contributed by atoms with Gasteiger partial charge in [0.1, 0.15) is 5.75 Å². The van der Waals surface area contributed by atoms with Crippen LogP contribution < -0.4 is 15.0 Å². The topological polar surface area (TPSA) is 68.6 Å². The summed E-state index contributed by atoms with van der Waals surface area (Å²) in [6.07, 6.45) is 1.94. The third-order valence-electron chi connectivity index (χ3n) is 7.38. The summed E-state index contributed by atoms with van der Waals surface area (Å²) in [5, 5.41) is 12.1. The van der Waals surface area contributed by atoms with Crippen LogP contribution in [0.4, 0.5) is 16.2 Å². The maximum absolute atomic E-state index is 13.4. The summed E-state index contributed by atoms with van der Waals surface area (Å²) in [5.41, 5.74) is 5.95. The number of fused-ring (bicyclic) bond motifs is 2. The van der Waals surface area contributed by atoms with Crippen molar-refractivity contribution in [3.05, 3.63) is 89.0 Å². The van der Waals surface area contributed by atoms with Crippen molar-refractivity contribution in [1.29, 1.82) is 5.26 Å². The molecule has 5 rings (SSSR count). The Hall–Kier alpha value is -3.82. The number of nitriles is 1. The number of nitrogens with zero attached hydrogens (tertiary/aromatic N) is 3. The van der Waals surface area contributed by atoms with Gasteiger partial charge in [0.05, 0.1) is 18.7 Å². The van der Waals surface area contributed by atoms with Crippen LogP contribution in [0.2, 0.25) is 0 Å². The van der Waals surface area contributed by atoms with Gasteiger partial charge in [-0.15, -0.1) is 0 Å². The van der Waals surface area contributed by atoms with Gasteiger partial charge in [-0.2, -0.15) is 5.26 Å². The number of rotatable bonds is 4. The Morgan fingerprint density at radius 1 is 1.06 bits per heavy atom. The van der Waals surface area contributed by atoms with Crippen LogP contribution in [0, 0.1) is 18.3 Å². The molecule has 0 saturated carbocycles. The molecule has 1 N–H and O–H groups in total. The maximum atomic E-state index is 13.4. The monoisotopic (exact) mass is 466 g/mol. The number of anilines is 2. The van der Waals surface area contributed by atoms with Crippen molar-refractivity contribution in [3.63, 3.8) is 0 Å². The Kier molecular flexibility index (Phi) is 6.19. The predicted octanol–water partition coefficient (Wildman–Crippen LogP) is 5.46. The third-order valence-corrected chi connectivity index (χ3v) is 7.38. The molecule has 1 saturated heterocycles. The molecule has 0 aromatic heterocycles. The van der Waals surface area contributed by atoms with Crippen molar-refractivity contribution >= 4 is 17.4 Å². The largest absolute Gasteiger partial charge is 0.497 e. The zero-order valence-corrected chi connectivity index (χ0v) is 20.3. The first-order valence-electron chi connectivity index (χ1n) is 12.0. The molecule has 0 atom stereocenters. The van der Waals surface area contributed by atoms with E-state index < -0.39 is 0 Å². The van der Waals surface area contributed by atoms with Gasteiger partial charge >= 0.3 is 6.03 Å². The highest BCUT2D eigenvalue weighted by Crippen LogP contribution is 2.48. The summed E-state index contributed by atoms with van der Waals surface area (Å²) in [4.78, 5) is 17.7. The van der Waals surface area contributed by atoms with E-state index >= 15 is 0 Å². The Balaban J connectivity index is 1.34. The van der Waals surface area contributed by atoms with Crippen molar-refractivity contribution in [2.45, 2.75) is 31.7 Å². The molecule has 2 amide bonds. The molecule has 2 aliphatic heterocycles. The number of nitrogens with one attached hydrogen (secondary N) is 1. The molecule has 2 aliphatic rings. The van der Waals surface area contributed by atoms with E-state index in [4.69, 9.17) is 10.00 Å². The number of piperidine rings is 1. The Morgan fingerprint density at radius 3 is 2.43 bits per heavy atom. The van der Waals surface area contributed by atoms with Crippen LogP contribution in [0.3, 0.4) is 0 Å². The molecule has 6 nitrogen and oxygen atoms in total. The van der Waals surface area contributed by atoms with E-state index in [0.29, 0.717) is 12.1 Å². The summed E-state index contributed by atoms with van der Waals surface area (Å²) >= 11 is 0. The molecule has 0 bridgehead atoms. The second-order valence-corrected chi connectivity index (χ2v) is 9.63. The molecule has 1 fully saturated rings. The van der Waals surface area contributed by atoms with Gasteiger partial charge in [-0.05, 0) is 86.4 Å². The second-order valence-electron chi connectivity index (χ2n) is 9.63. The fourth-order valence-electron chi connectivity index (χ4n) is 5.29. The van der Waals surface area contributed by atoms with Crippen LogP contribution in [0.15, 0.2) is 66.7 Å². The number of methoxy groups -OCH3 is 1. The number of carbonyl (C=O) groups is 1. The molecule has 6 heteroatoms. The first kappa shape index (κ1) is 22.9. The maximum Gasteiger partial charge on any atom is 0.326 e. The minimum absolute atomic E-state index is 0.0876. The van der Waals surface area contributed by atoms with E-state index in [2.05, 4.69) is 22.4 Å². The van der Waals surface area contributed by atoms with E-state index in [-0.39, 0.29) is 11.4 Å². The lowest BCUT2D eigenvalue weighted by molar-refractivity contribution is 0.160. The Morgan fingerprint density at radius 2 is 1.77 bits per heavy atom. The number of aryl methyl sites for hydroxylation is 1. The van der Waals surface area contributed by atoms with Gasteiger partial charge in [-0.25, -0.2) is 4.79 Å². The van der Waals surface area contributed by atoms with Crippen LogP contribution in [0.1, 0.15) is 35.1 Å². The molecule has 0 aliphatic carbocycles. The van der Waals surface area contributed by atoms with Crippen LogP contribution >= 0.6 is 0 Å². The molecular weight excluding hydrogens is 436 g/mol. The molecule has 1 spiro atoms. The van der Waals surface area contributed by atoms with Crippen molar-refractivity contribution in [3.8, 4) is 11.8 Å². The summed E-state index contributed by atoms with van der Waals surface area (Å²) in [5.74, 6) is 0.823. The predicted molar refractivity (Wildman–Crippen MR) is 138 cm³/mol. The van der Waals surface area contributed by atoms with Gasteiger partial charge in [0.2, 0.25) is 0 Å². The minimum Gasteiger partial charge on any atom is -0.497 e. The SMILES string of the molecule is COc1ccc2c(c1)C1(CCN(Cc3ccc(C#N)cc3)CC1)CN2C(=O)Nc1ccc(C)cc1. The van der Waals surface area contributed by atoms with Gasteiger partial charge < -0.3 is 10.1 Å². The fraction of sp³-hybridized carbons (Fsp3) is 0.310. The van der Waals surface area contributed by atoms with E-state index in [1.807, 2.05) is 72.5 Å². The lowest BCUT2D eigenvalue weighted by Gasteiger charge is -2.40. The Bertz CT molecular complexity index is 1250. The number of hydrogen-bond donors (Lipinski definition) is 1. The molecule has 3 aromatic rings. The number of urea groups is 1. The lowest BCUT2D eigenvalue weighted by Crippen LogP contribution is -2.46. The highest BCUT2D eigenvalue weighted by Gasteiger charge is 2.46. The average molecular weight is 467 g/mol. The molecule has 3 aromatic carbocycles. The first-order valence-corrected chi connectivity index (χ1v) is 12.0. The summed E-state index contributed by atoms with van der Waals surface area (Å²) < 4.78 is 5.54. The molecule has 0 unspecified atom stereocenters. The molecule has 178 valence electrons. The number of benzene rings is 3. The lowest BCUT2D eigenvalue weighted by atomic mass is 9.74. The minimum atomic E-state index is -0.0999. The van der Waals surface area contributed by atoms with Gasteiger partial charge in [-0.1, -0.05) is 29.8 Å². The number of carbonyl (C=O) groups excluding carboxylic acids is 1. The smallest absolute Gasteiger partial charge is 0.326 e. The first-order chi connectivity index (χ1) is 17.0. The van der Waals surface area contributed by atoms with E-state index in [0.717, 1.165) is 55.2 Å². The fourth-order valence-corrected chi connectivity index (χ4v) is 5.29. The van der Waals surface area contributed by atoms with Gasteiger partial charge in [0.25, 0.3) is 0 Å². The van der Waals surface area contributed by atoms with Crippen LogP contribution in [-0.4, -0.2) is 37.7 Å². The molecular formula is C29H30N4O2. The number of ether oxygens (including phenoxy) is 1. The standard InChI is InChI=1S/C29H30N4O2/c1-21-3-9-24(10-4-21)31-28(34)33-20-29(26-17-25(35-2)11-12-27(26)33)13-15-32(16-14-29)19-23-7-5-22(18-30)6-8-23/h3-12,17H,13-16,19-20H2,1-2H3,(H,31,34). The quantitative estimate of drug-likeness (QED) is 0.554. The van der Waals surface area contributed by atoms with Crippen molar-refractivity contribution in [2.24, 2.45) is 0 Å². The molecule has 2 heterocycles. The third kappa shape index (κ3) is 4.60. The van der Waals surface area contributed by atoms with Gasteiger partial charge in [0.15, 0.2) is 0 Å². The second kappa shape index (κ2) is 9.44. The average Bonchev–Trinajstić information content (AvgIpc) is 3.20. The zero-order valence-electron chi connectivity index (χ0n) is 20.3. The zero-order chi connectivity index (χ0) is 24.4. The number of hydrogen-bond acceptors (Lipinski definition) is 4. The number of amides is 2. The molecule has 35 heavy (non-hydrogen) atoms.